The van der Waals surface area contributed by atoms with Gasteiger partial charge in [-0.15, -0.1) is 0 Å². The highest BCUT2D eigenvalue weighted by atomic mass is 32.2. The Kier molecular flexibility index (Phi) is 5.97. The van der Waals surface area contributed by atoms with Crippen molar-refractivity contribution in [1.29, 1.82) is 0 Å². The van der Waals surface area contributed by atoms with Crippen LogP contribution in [0, 0.1) is 0 Å². The zero-order valence-electron chi connectivity index (χ0n) is 6.54. The van der Waals surface area contributed by atoms with Crippen molar-refractivity contribution >= 4 is 17.7 Å². The minimum absolute atomic E-state index is 0.398. The number of carboxylic acids is 1. The van der Waals surface area contributed by atoms with Gasteiger partial charge in [0.2, 0.25) is 0 Å². The van der Waals surface area contributed by atoms with Gasteiger partial charge in [0.1, 0.15) is 0 Å². The molecule has 0 heterocycles. The highest BCUT2D eigenvalue weighted by molar-refractivity contribution is 7.99. The average molecular weight is 175 g/mol. The molecule has 4 heteroatoms. The Morgan fingerprint density at radius 2 is 2.36 bits per heavy atom. The van der Waals surface area contributed by atoms with Gasteiger partial charge in [-0.05, 0) is 6.92 Å². The van der Waals surface area contributed by atoms with Crippen LogP contribution >= 0.6 is 11.8 Å². The summed E-state index contributed by atoms with van der Waals surface area (Å²) in [5, 5.41) is 8.44. The van der Waals surface area contributed by atoms with Gasteiger partial charge in [0.25, 0.3) is 0 Å². The minimum atomic E-state index is -0.849. The van der Waals surface area contributed by atoms with Crippen molar-refractivity contribution in [3.63, 3.8) is 0 Å². The normalized spacial score (nSPS) is 11.6. The number of carboxylic acid groups (broad SMARTS) is 1. The molecule has 0 rings (SSSR count). The van der Waals surface area contributed by atoms with E-state index in [4.69, 9.17) is 10.8 Å². The van der Waals surface area contributed by atoms with Crippen LogP contribution in [0.5, 0.6) is 0 Å². The molecule has 0 aromatic rings. The van der Waals surface area contributed by atoms with Gasteiger partial charge in [-0.2, -0.15) is 11.8 Å². The monoisotopic (exact) mass is 175 g/mol. The fourth-order valence-electron chi connectivity index (χ4n) is 0.438. The van der Waals surface area contributed by atoms with Crippen molar-refractivity contribution in [1.82, 2.24) is 0 Å². The van der Waals surface area contributed by atoms with Gasteiger partial charge >= 0.3 is 5.97 Å². The van der Waals surface area contributed by atoms with Crippen molar-refractivity contribution in [2.75, 3.05) is 18.1 Å². The lowest BCUT2D eigenvalue weighted by Crippen LogP contribution is -2.02. The number of rotatable bonds is 5. The molecule has 0 spiro atoms. The third-order valence-corrected chi connectivity index (χ3v) is 2.03. The zero-order chi connectivity index (χ0) is 8.69. The molecule has 0 saturated heterocycles. The minimum Gasteiger partial charge on any atom is -0.478 e. The quantitative estimate of drug-likeness (QED) is 0.477. The predicted molar refractivity (Wildman–Crippen MR) is 47.8 cm³/mol. The third kappa shape index (κ3) is 5.94. The summed E-state index contributed by atoms with van der Waals surface area (Å²) in [6.07, 6.45) is 1.70. The van der Waals surface area contributed by atoms with E-state index >= 15 is 0 Å². The van der Waals surface area contributed by atoms with E-state index in [2.05, 4.69) is 0 Å². The molecule has 0 atom stereocenters. The SMILES string of the molecule is CC(=CCSCCN)C(=O)O. The Labute approximate surface area is 70.7 Å². The van der Waals surface area contributed by atoms with Crippen LogP contribution in [-0.2, 0) is 4.79 Å². The standard InChI is InChI=1S/C7H13NO2S/c1-6(7(9)10)2-4-11-5-3-8/h2H,3-5,8H2,1H3,(H,9,10). The van der Waals surface area contributed by atoms with E-state index < -0.39 is 5.97 Å². The molecule has 0 saturated carbocycles. The van der Waals surface area contributed by atoms with E-state index in [0.29, 0.717) is 12.1 Å². The van der Waals surface area contributed by atoms with Crippen molar-refractivity contribution in [2.45, 2.75) is 6.92 Å². The first-order chi connectivity index (χ1) is 5.18. The summed E-state index contributed by atoms with van der Waals surface area (Å²) in [5.74, 6) is 0.761. The third-order valence-electron chi connectivity index (χ3n) is 1.11. The first kappa shape index (κ1) is 10.5. The van der Waals surface area contributed by atoms with E-state index in [9.17, 15) is 4.79 Å². The molecular formula is C7H13NO2S. The molecule has 0 unspecified atom stereocenters. The van der Waals surface area contributed by atoms with Gasteiger partial charge in [-0.25, -0.2) is 4.79 Å². The molecule has 0 amide bonds. The van der Waals surface area contributed by atoms with E-state index in [0.717, 1.165) is 11.5 Å². The Bertz CT molecular complexity index is 157. The molecular weight excluding hydrogens is 162 g/mol. The number of aliphatic carboxylic acids is 1. The maximum Gasteiger partial charge on any atom is 0.330 e. The lowest BCUT2D eigenvalue weighted by molar-refractivity contribution is -0.132. The number of carbonyl (C=O) groups is 1. The summed E-state index contributed by atoms with van der Waals surface area (Å²) >= 11 is 1.63. The molecule has 3 N–H and O–H groups in total. The van der Waals surface area contributed by atoms with Gasteiger partial charge in [0.05, 0.1) is 0 Å². The second-order valence-corrected chi connectivity index (χ2v) is 3.21. The summed E-state index contributed by atoms with van der Waals surface area (Å²) < 4.78 is 0. The van der Waals surface area contributed by atoms with E-state index in [-0.39, 0.29) is 0 Å². The smallest absolute Gasteiger partial charge is 0.330 e. The van der Waals surface area contributed by atoms with Crippen LogP contribution in [0.3, 0.4) is 0 Å². The van der Waals surface area contributed by atoms with Crippen LogP contribution in [-0.4, -0.2) is 29.1 Å². The fraction of sp³-hybridized carbons (Fsp3) is 0.571. The van der Waals surface area contributed by atoms with Crippen LogP contribution < -0.4 is 5.73 Å². The zero-order valence-corrected chi connectivity index (χ0v) is 7.36. The second-order valence-electron chi connectivity index (χ2n) is 2.06. The topological polar surface area (TPSA) is 63.3 Å². The largest absolute Gasteiger partial charge is 0.478 e. The Balaban J connectivity index is 3.48. The van der Waals surface area contributed by atoms with Gasteiger partial charge in [-0.1, -0.05) is 6.08 Å². The lowest BCUT2D eigenvalue weighted by Gasteiger charge is -1.94. The number of nitrogens with two attached hydrogens (primary N) is 1. The van der Waals surface area contributed by atoms with Gasteiger partial charge < -0.3 is 10.8 Å². The molecule has 0 fully saturated rings. The highest BCUT2D eigenvalue weighted by Crippen LogP contribution is 2.01. The van der Waals surface area contributed by atoms with Gasteiger partial charge in [0, 0.05) is 23.6 Å². The molecule has 64 valence electrons. The van der Waals surface area contributed by atoms with E-state index in [1.54, 1.807) is 24.8 Å². The fourth-order valence-corrected chi connectivity index (χ4v) is 1.14. The first-order valence-corrected chi connectivity index (χ1v) is 4.51. The van der Waals surface area contributed by atoms with Crippen molar-refractivity contribution in [3.8, 4) is 0 Å². The molecule has 0 aliphatic heterocycles. The van der Waals surface area contributed by atoms with Crippen LogP contribution in [0.4, 0.5) is 0 Å². The summed E-state index contributed by atoms with van der Waals surface area (Å²) in [5.41, 5.74) is 5.65. The summed E-state index contributed by atoms with van der Waals surface area (Å²) in [7, 11) is 0. The van der Waals surface area contributed by atoms with Gasteiger partial charge in [-0.3, -0.25) is 0 Å². The Hall–Kier alpha value is -0.480. The molecule has 0 aromatic carbocycles. The van der Waals surface area contributed by atoms with Crippen LogP contribution in [0.1, 0.15) is 6.92 Å². The molecule has 0 aromatic heterocycles. The first-order valence-electron chi connectivity index (χ1n) is 3.36. The second kappa shape index (κ2) is 6.24. The highest BCUT2D eigenvalue weighted by Gasteiger charge is 1.96. The van der Waals surface area contributed by atoms with E-state index in [1.807, 2.05) is 0 Å². The van der Waals surface area contributed by atoms with Crippen LogP contribution in [0.25, 0.3) is 0 Å². The average Bonchev–Trinajstić information content (AvgIpc) is 1.97. The number of hydrogen-bond acceptors (Lipinski definition) is 3. The maximum absolute atomic E-state index is 10.3. The van der Waals surface area contributed by atoms with Gasteiger partial charge in [0.15, 0.2) is 0 Å². The molecule has 0 aliphatic rings. The molecule has 3 nitrogen and oxygen atoms in total. The molecule has 11 heavy (non-hydrogen) atoms. The van der Waals surface area contributed by atoms with Crippen molar-refractivity contribution in [3.05, 3.63) is 11.6 Å². The summed E-state index contributed by atoms with van der Waals surface area (Å²) in [6, 6.07) is 0. The van der Waals surface area contributed by atoms with Crippen molar-refractivity contribution < 1.29 is 9.90 Å². The molecule has 0 aliphatic carbocycles. The summed E-state index contributed by atoms with van der Waals surface area (Å²) in [6.45, 7) is 2.23. The Morgan fingerprint density at radius 3 is 2.82 bits per heavy atom. The van der Waals surface area contributed by atoms with E-state index in [1.165, 1.54) is 0 Å². The Morgan fingerprint density at radius 1 is 1.73 bits per heavy atom. The lowest BCUT2D eigenvalue weighted by atomic mass is 10.3. The van der Waals surface area contributed by atoms with Crippen molar-refractivity contribution in [2.24, 2.45) is 5.73 Å². The predicted octanol–water partition coefficient (Wildman–Crippen LogP) is 0.709. The number of hydrogen-bond donors (Lipinski definition) is 2. The van der Waals surface area contributed by atoms with Crippen LogP contribution in [0.2, 0.25) is 0 Å². The molecule has 0 radical (unpaired) electrons. The maximum atomic E-state index is 10.3. The molecule has 0 bridgehead atoms. The van der Waals surface area contributed by atoms with Crippen LogP contribution in [0.15, 0.2) is 11.6 Å². The summed E-state index contributed by atoms with van der Waals surface area (Å²) in [4.78, 5) is 10.3. The number of thioether (sulfide) groups is 1.